The van der Waals surface area contributed by atoms with Gasteiger partial charge in [0.15, 0.2) is 0 Å². The highest BCUT2D eigenvalue weighted by molar-refractivity contribution is 7.16. The lowest BCUT2D eigenvalue weighted by Gasteiger charge is -2.08. The lowest BCUT2D eigenvalue weighted by atomic mass is 10.0. The molecule has 146 valence electrons. The Kier molecular flexibility index (Phi) is 5.53. The molecule has 0 unspecified atom stereocenters. The summed E-state index contributed by atoms with van der Waals surface area (Å²) in [5, 5.41) is 6.94. The lowest BCUT2D eigenvalue weighted by Crippen LogP contribution is -2.18. The van der Waals surface area contributed by atoms with Gasteiger partial charge in [-0.2, -0.15) is 0 Å². The second-order valence-electron chi connectivity index (χ2n) is 6.07. The Morgan fingerprint density at radius 3 is 2.64 bits per heavy atom. The van der Waals surface area contributed by atoms with Gasteiger partial charge in [0.05, 0.1) is 16.1 Å². The van der Waals surface area contributed by atoms with Crippen LogP contribution in [0.2, 0.25) is 5.02 Å². The van der Waals surface area contributed by atoms with Crippen LogP contribution >= 0.6 is 22.9 Å². The van der Waals surface area contributed by atoms with E-state index < -0.39 is 17.6 Å². The van der Waals surface area contributed by atoms with E-state index >= 15 is 0 Å². The summed E-state index contributed by atoms with van der Waals surface area (Å²) in [4.78, 5) is 25.8. The third-order valence-corrected chi connectivity index (χ3v) is 5.70. The molecule has 28 heavy (non-hydrogen) atoms. The minimum Gasteiger partial charge on any atom is -0.365 e. The van der Waals surface area contributed by atoms with Crippen LogP contribution < -0.4 is 11.1 Å². The Hall–Kier alpha value is -2.71. The summed E-state index contributed by atoms with van der Waals surface area (Å²) in [6.45, 7) is 5.28. The molecule has 0 radical (unpaired) electrons. The number of nitrogens with zero attached hydrogens (tertiary/aromatic N) is 1. The largest absolute Gasteiger partial charge is 0.365 e. The normalized spacial score (nSPS) is 10.9. The molecular formula is C19H17ClFN3O3S. The van der Waals surface area contributed by atoms with Crippen molar-refractivity contribution in [3.8, 4) is 11.3 Å². The van der Waals surface area contributed by atoms with Crippen molar-refractivity contribution in [2.75, 3.05) is 5.32 Å². The summed E-state index contributed by atoms with van der Waals surface area (Å²) >= 11 is 7.36. The van der Waals surface area contributed by atoms with E-state index in [0.717, 1.165) is 10.4 Å². The van der Waals surface area contributed by atoms with Crippen molar-refractivity contribution in [3.05, 3.63) is 56.4 Å². The molecule has 0 saturated heterocycles. The van der Waals surface area contributed by atoms with Gasteiger partial charge in [0.1, 0.15) is 27.8 Å². The van der Waals surface area contributed by atoms with Crippen LogP contribution in [0.1, 0.15) is 43.8 Å². The molecule has 3 rings (SSSR count). The Balaban J connectivity index is 2.07. The zero-order valence-corrected chi connectivity index (χ0v) is 16.9. The fourth-order valence-electron chi connectivity index (χ4n) is 3.05. The number of carbonyl (C=O) groups is 2. The van der Waals surface area contributed by atoms with E-state index in [9.17, 15) is 14.0 Å². The number of hydrogen-bond donors (Lipinski definition) is 2. The van der Waals surface area contributed by atoms with E-state index in [1.165, 1.54) is 36.5 Å². The molecule has 0 atom stereocenters. The predicted octanol–water partition coefficient (Wildman–Crippen LogP) is 4.73. The number of hydrogen-bond acceptors (Lipinski definition) is 5. The number of thiophene rings is 1. The molecule has 2 aromatic heterocycles. The number of rotatable bonds is 5. The van der Waals surface area contributed by atoms with Crippen molar-refractivity contribution < 1.29 is 18.5 Å². The second-order valence-corrected chi connectivity index (χ2v) is 7.70. The van der Waals surface area contributed by atoms with Crippen molar-refractivity contribution in [3.63, 3.8) is 0 Å². The molecule has 0 aliphatic carbocycles. The van der Waals surface area contributed by atoms with Gasteiger partial charge < -0.3 is 15.6 Å². The van der Waals surface area contributed by atoms with Crippen molar-refractivity contribution in [1.82, 2.24) is 5.16 Å². The first-order valence-electron chi connectivity index (χ1n) is 8.40. The van der Waals surface area contributed by atoms with E-state index in [1.54, 1.807) is 0 Å². The summed E-state index contributed by atoms with van der Waals surface area (Å²) < 4.78 is 19.5. The second kappa shape index (κ2) is 7.73. The van der Waals surface area contributed by atoms with Gasteiger partial charge in [-0.15, -0.1) is 11.3 Å². The van der Waals surface area contributed by atoms with E-state index in [-0.39, 0.29) is 33.2 Å². The topological polar surface area (TPSA) is 98.2 Å². The summed E-state index contributed by atoms with van der Waals surface area (Å²) in [5.74, 6) is -1.67. The number of primary amides is 1. The smallest absolute Gasteiger partial charge is 0.262 e. The fourth-order valence-corrected chi connectivity index (χ4v) is 4.45. The van der Waals surface area contributed by atoms with E-state index in [0.29, 0.717) is 11.4 Å². The number of anilines is 1. The van der Waals surface area contributed by atoms with Crippen LogP contribution in [0.4, 0.5) is 9.39 Å². The summed E-state index contributed by atoms with van der Waals surface area (Å²) in [6, 6.07) is 4.16. The minimum absolute atomic E-state index is 0.0114. The van der Waals surface area contributed by atoms with E-state index in [2.05, 4.69) is 10.5 Å². The molecule has 0 saturated carbocycles. The predicted molar refractivity (Wildman–Crippen MR) is 107 cm³/mol. The summed E-state index contributed by atoms with van der Waals surface area (Å²) in [5.41, 5.74) is 6.56. The fraction of sp³-hybridized carbons (Fsp3) is 0.211. The van der Waals surface area contributed by atoms with Crippen LogP contribution in [0.15, 0.2) is 22.7 Å². The quantitative estimate of drug-likeness (QED) is 0.622. The lowest BCUT2D eigenvalue weighted by molar-refractivity contribution is 0.100. The zero-order chi connectivity index (χ0) is 20.6. The van der Waals surface area contributed by atoms with Crippen LogP contribution in [0.25, 0.3) is 11.3 Å². The number of nitrogens with one attached hydrogen (secondary N) is 1. The van der Waals surface area contributed by atoms with E-state index in [1.807, 2.05) is 13.8 Å². The van der Waals surface area contributed by atoms with Crippen LogP contribution in [0.3, 0.4) is 0 Å². The number of benzene rings is 1. The molecule has 2 heterocycles. The number of halogens is 2. The average molecular weight is 422 g/mol. The molecule has 9 heteroatoms. The number of amides is 2. The van der Waals surface area contributed by atoms with Crippen molar-refractivity contribution in [1.29, 1.82) is 0 Å². The monoisotopic (exact) mass is 421 g/mol. The molecule has 6 nitrogen and oxygen atoms in total. The molecule has 1 aromatic carbocycles. The average Bonchev–Trinajstić information content (AvgIpc) is 3.14. The van der Waals surface area contributed by atoms with Crippen LogP contribution in [-0.4, -0.2) is 17.0 Å². The standard InChI is InChI=1S/C19H17ClFN3O3S/c1-4-10-9(3)28-19(14(10)17(22)25)23-18(26)13-8(2)27-24-16(13)15-11(20)6-5-7-12(15)21/h5-7H,4H2,1-3H3,(H2,22,25)(H,23,26). The van der Waals surface area contributed by atoms with Gasteiger partial charge in [-0.3, -0.25) is 9.59 Å². The van der Waals surface area contributed by atoms with Gasteiger partial charge in [-0.05, 0) is 38.0 Å². The summed E-state index contributed by atoms with van der Waals surface area (Å²) in [6.07, 6.45) is 0.596. The van der Waals surface area contributed by atoms with E-state index in [4.69, 9.17) is 21.9 Å². The van der Waals surface area contributed by atoms with Gasteiger partial charge in [-0.1, -0.05) is 29.7 Å². The van der Waals surface area contributed by atoms with Crippen molar-refractivity contribution >= 4 is 39.8 Å². The molecule has 0 aliphatic rings. The van der Waals surface area contributed by atoms with Gasteiger partial charge in [0.2, 0.25) is 0 Å². The molecule has 3 N–H and O–H groups in total. The number of aryl methyl sites for hydroxylation is 2. The highest BCUT2D eigenvalue weighted by Gasteiger charge is 2.27. The highest BCUT2D eigenvalue weighted by Crippen LogP contribution is 2.36. The van der Waals surface area contributed by atoms with Crippen LogP contribution in [0, 0.1) is 19.7 Å². The zero-order valence-electron chi connectivity index (χ0n) is 15.4. The number of aromatic nitrogens is 1. The van der Waals surface area contributed by atoms with Gasteiger partial charge in [0.25, 0.3) is 11.8 Å². The Morgan fingerprint density at radius 2 is 2.04 bits per heavy atom. The molecule has 0 spiro atoms. The molecule has 0 fully saturated rings. The summed E-state index contributed by atoms with van der Waals surface area (Å²) in [7, 11) is 0. The Bertz CT molecular complexity index is 1070. The minimum atomic E-state index is -0.632. The maximum Gasteiger partial charge on any atom is 0.262 e. The maximum absolute atomic E-state index is 14.3. The first-order chi connectivity index (χ1) is 13.3. The maximum atomic E-state index is 14.3. The van der Waals surface area contributed by atoms with Crippen LogP contribution in [-0.2, 0) is 6.42 Å². The first kappa shape index (κ1) is 20.0. The van der Waals surface area contributed by atoms with Gasteiger partial charge >= 0.3 is 0 Å². The van der Waals surface area contributed by atoms with Crippen LogP contribution in [0.5, 0.6) is 0 Å². The Labute approximate surface area is 169 Å². The number of nitrogens with two attached hydrogens (primary N) is 1. The Morgan fingerprint density at radius 1 is 1.32 bits per heavy atom. The number of carbonyl (C=O) groups excluding carboxylic acids is 2. The SMILES string of the molecule is CCc1c(C)sc(NC(=O)c2c(-c3c(F)cccc3Cl)noc2C)c1C(N)=O. The molecule has 0 bridgehead atoms. The first-order valence-corrected chi connectivity index (χ1v) is 9.59. The molecule has 2 amide bonds. The van der Waals surface area contributed by atoms with Crippen molar-refractivity contribution in [2.24, 2.45) is 5.73 Å². The highest BCUT2D eigenvalue weighted by atomic mass is 35.5. The molecular weight excluding hydrogens is 405 g/mol. The van der Waals surface area contributed by atoms with Gasteiger partial charge in [0, 0.05) is 4.88 Å². The molecule has 0 aliphatic heterocycles. The van der Waals surface area contributed by atoms with Gasteiger partial charge in [-0.25, -0.2) is 4.39 Å². The third kappa shape index (κ3) is 3.41. The molecule has 3 aromatic rings. The van der Waals surface area contributed by atoms with Crippen molar-refractivity contribution in [2.45, 2.75) is 27.2 Å². The third-order valence-electron chi connectivity index (χ3n) is 4.33.